The van der Waals surface area contributed by atoms with Crippen molar-refractivity contribution in [2.24, 2.45) is 0 Å². The summed E-state index contributed by atoms with van der Waals surface area (Å²) in [5.74, 6) is 1.87. The highest BCUT2D eigenvalue weighted by Gasteiger charge is 2.30. The van der Waals surface area contributed by atoms with Gasteiger partial charge in [0.05, 0.1) is 7.11 Å². The van der Waals surface area contributed by atoms with E-state index in [1.54, 1.807) is 13.2 Å². The Labute approximate surface area is 109 Å². The molecule has 1 aromatic rings. The summed E-state index contributed by atoms with van der Waals surface area (Å²) >= 11 is 0. The van der Waals surface area contributed by atoms with Gasteiger partial charge in [-0.25, -0.2) is 0 Å². The molecule has 0 bridgehead atoms. The summed E-state index contributed by atoms with van der Waals surface area (Å²) in [6, 6.07) is 4.14. The molecule has 2 heteroatoms. The highest BCUT2D eigenvalue weighted by atomic mass is 16.5. The van der Waals surface area contributed by atoms with E-state index in [4.69, 9.17) is 9.47 Å². The molecule has 0 aromatic heterocycles. The lowest BCUT2D eigenvalue weighted by Gasteiger charge is -2.34. The molecule has 2 rings (SSSR count). The van der Waals surface area contributed by atoms with Crippen molar-refractivity contribution in [3.63, 3.8) is 0 Å². The Kier molecular flexibility index (Phi) is 3.46. The predicted octanol–water partition coefficient (Wildman–Crippen LogP) is 3.83. The van der Waals surface area contributed by atoms with E-state index < -0.39 is 0 Å². The molecule has 0 fully saturated rings. The number of fused-ring (bicyclic) bond motifs is 1. The topological polar surface area (TPSA) is 18.5 Å². The first-order valence-corrected chi connectivity index (χ1v) is 6.25. The SMILES string of the molecule is C=C/C=C/[C@@]1(C)CCc2c(OC)cc(C)cc2O1. The fourth-order valence-electron chi connectivity index (χ4n) is 2.33. The van der Waals surface area contributed by atoms with Crippen LogP contribution in [-0.2, 0) is 6.42 Å². The molecule has 0 unspecified atom stereocenters. The van der Waals surface area contributed by atoms with Gasteiger partial charge in [-0.3, -0.25) is 0 Å². The number of hydrogen-bond acceptors (Lipinski definition) is 2. The fraction of sp³-hybridized carbons (Fsp3) is 0.375. The third-order valence-electron chi connectivity index (χ3n) is 3.33. The maximum absolute atomic E-state index is 6.13. The summed E-state index contributed by atoms with van der Waals surface area (Å²) in [5.41, 5.74) is 2.08. The van der Waals surface area contributed by atoms with Crippen LogP contribution >= 0.6 is 0 Å². The number of ether oxygens (including phenoxy) is 2. The lowest BCUT2D eigenvalue weighted by molar-refractivity contribution is 0.113. The zero-order valence-corrected chi connectivity index (χ0v) is 11.3. The molecule has 0 spiro atoms. The lowest BCUT2D eigenvalue weighted by atomic mass is 9.91. The smallest absolute Gasteiger partial charge is 0.127 e. The van der Waals surface area contributed by atoms with Gasteiger partial charge < -0.3 is 9.47 Å². The van der Waals surface area contributed by atoms with E-state index in [-0.39, 0.29) is 5.60 Å². The van der Waals surface area contributed by atoms with E-state index in [1.165, 1.54) is 5.56 Å². The molecular weight excluding hydrogens is 224 g/mol. The molecule has 1 aromatic carbocycles. The Morgan fingerprint density at radius 1 is 1.44 bits per heavy atom. The zero-order chi connectivity index (χ0) is 13.2. The molecule has 1 heterocycles. The van der Waals surface area contributed by atoms with Gasteiger partial charge in [-0.15, -0.1) is 0 Å². The molecule has 0 saturated heterocycles. The highest BCUT2D eigenvalue weighted by molar-refractivity contribution is 5.49. The molecule has 1 aliphatic heterocycles. The average molecular weight is 244 g/mol. The largest absolute Gasteiger partial charge is 0.496 e. The van der Waals surface area contributed by atoms with Gasteiger partial charge in [0.15, 0.2) is 0 Å². The van der Waals surface area contributed by atoms with Gasteiger partial charge in [0.25, 0.3) is 0 Å². The molecule has 96 valence electrons. The third-order valence-corrected chi connectivity index (χ3v) is 3.33. The van der Waals surface area contributed by atoms with E-state index in [0.717, 1.165) is 29.9 Å². The minimum absolute atomic E-state index is 0.250. The van der Waals surface area contributed by atoms with Crippen molar-refractivity contribution >= 4 is 0 Å². The standard InChI is InChI=1S/C16H20O2/c1-5-6-8-16(3)9-7-13-14(17-4)10-12(2)11-15(13)18-16/h5-6,8,10-11H,1,7,9H2,2-4H3/b8-6+/t16-/m0/s1. The number of hydrogen-bond donors (Lipinski definition) is 0. The Balaban J connectivity index is 2.37. The first-order valence-electron chi connectivity index (χ1n) is 6.25. The Bertz CT molecular complexity index is 488. The molecule has 0 N–H and O–H groups in total. The zero-order valence-electron chi connectivity index (χ0n) is 11.3. The van der Waals surface area contributed by atoms with Gasteiger partial charge >= 0.3 is 0 Å². The number of allylic oxidation sites excluding steroid dienone is 2. The first kappa shape index (κ1) is 12.7. The third kappa shape index (κ3) is 2.42. The number of benzene rings is 1. The Morgan fingerprint density at radius 3 is 2.89 bits per heavy atom. The van der Waals surface area contributed by atoms with Crippen LogP contribution in [0.2, 0.25) is 0 Å². The van der Waals surface area contributed by atoms with Crippen LogP contribution < -0.4 is 9.47 Å². The van der Waals surface area contributed by atoms with Gasteiger partial charge in [-0.05, 0) is 50.5 Å². The Morgan fingerprint density at radius 2 is 2.22 bits per heavy atom. The summed E-state index contributed by atoms with van der Waals surface area (Å²) in [7, 11) is 1.71. The van der Waals surface area contributed by atoms with Gasteiger partial charge in [0.1, 0.15) is 17.1 Å². The van der Waals surface area contributed by atoms with E-state index >= 15 is 0 Å². The van der Waals surface area contributed by atoms with Crippen LogP contribution in [0, 0.1) is 6.92 Å². The van der Waals surface area contributed by atoms with Crippen LogP contribution in [0.4, 0.5) is 0 Å². The molecular formula is C16H20O2. The van der Waals surface area contributed by atoms with Crippen LogP contribution in [0.3, 0.4) is 0 Å². The number of methoxy groups -OCH3 is 1. The van der Waals surface area contributed by atoms with Crippen molar-refractivity contribution in [1.82, 2.24) is 0 Å². The van der Waals surface area contributed by atoms with Crippen molar-refractivity contribution in [2.75, 3.05) is 7.11 Å². The van der Waals surface area contributed by atoms with Crippen LogP contribution in [0.1, 0.15) is 24.5 Å². The number of rotatable bonds is 3. The van der Waals surface area contributed by atoms with Gasteiger partial charge in [0.2, 0.25) is 0 Å². The molecule has 1 aliphatic rings. The van der Waals surface area contributed by atoms with Gasteiger partial charge in [-0.1, -0.05) is 18.7 Å². The van der Waals surface area contributed by atoms with Crippen LogP contribution in [0.5, 0.6) is 11.5 Å². The summed E-state index contributed by atoms with van der Waals surface area (Å²) in [6.45, 7) is 7.85. The first-order chi connectivity index (χ1) is 8.58. The summed E-state index contributed by atoms with van der Waals surface area (Å²) in [5, 5.41) is 0. The maximum Gasteiger partial charge on any atom is 0.127 e. The minimum Gasteiger partial charge on any atom is -0.496 e. The molecule has 0 radical (unpaired) electrons. The van der Waals surface area contributed by atoms with Crippen molar-refractivity contribution in [2.45, 2.75) is 32.3 Å². The summed E-state index contributed by atoms with van der Waals surface area (Å²) < 4.78 is 11.6. The second-order valence-electron chi connectivity index (χ2n) is 4.95. The van der Waals surface area contributed by atoms with Crippen LogP contribution in [0.25, 0.3) is 0 Å². The minimum atomic E-state index is -0.250. The van der Waals surface area contributed by atoms with Crippen LogP contribution in [0.15, 0.2) is 36.9 Å². The summed E-state index contributed by atoms with van der Waals surface area (Å²) in [6.07, 6.45) is 7.71. The highest BCUT2D eigenvalue weighted by Crippen LogP contribution is 2.39. The monoisotopic (exact) mass is 244 g/mol. The van der Waals surface area contributed by atoms with Gasteiger partial charge in [0, 0.05) is 5.56 Å². The van der Waals surface area contributed by atoms with Crippen molar-refractivity contribution in [1.29, 1.82) is 0 Å². The maximum atomic E-state index is 6.13. The molecule has 0 saturated carbocycles. The second-order valence-corrected chi connectivity index (χ2v) is 4.95. The van der Waals surface area contributed by atoms with Crippen molar-refractivity contribution < 1.29 is 9.47 Å². The molecule has 2 nitrogen and oxygen atoms in total. The van der Waals surface area contributed by atoms with Gasteiger partial charge in [-0.2, -0.15) is 0 Å². The van der Waals surface area contributed by atoms with Crippen molar-refractivity contribution in [3.05, 3.63) is 48.1 Å². The predicted molar refractivity (Wildman–Crippen MR) is 74.4 cm³/mol. The van der Waals surface area contributed by atoms with E-state index in [2.05, 4.69) is 38.6 Å². The fourth-order valence-corrected chi connectivity index (χ4v) is 2.33. The summed E-state index contributed by atoms with van der Waals surface area (Å²) in [4.78, 5) is 0. The number of aryl methyl sites for hydroxylation is 1. The van der Waals surface area contributed by atoms with E-state index in [0.29, 0.717) is 0 Å². The lowest BCUT2D eigenvalue weighted by Crippen LogP contribution is -2.34. The Hall–Kier alpha value is -1.70. The average Bonchev–Trinajstić information content (AvgIpc) is 2.35. The molecule has 1 atom stereocenters. The van der Waals surface area contributed by atoms with Crippen molar-refractivity contribution in [3.8, 4) is 11.5 Å². The normalized spacial score (nSPS) is 22.4. The quantitative estimate of drug-likeness (QED) is 0.752. The van der Waals surface area contributed by atoms with E-state index in [9.17, 15) is 0 Å². The van der Waals surface area contributed by atoms with E-state index in [1.807, 2.05) is 6.08 Å². The molecule has 18 heavy (non-hydrogen) atoms. The molecule has 0 amide bonds. The molecule has 0 aliphatic carbocycles. The second kappa shape index (κ2) is 4.89. The van der Waals surface area contributed by atoms with Crippen LogP contribution in [-0.4, -0.2) is 12.7 Å².